The summed E-state index contributed by atoms with van der Waals surface area (Å²) in [4.78, 5) is 33.5. The van der Waals surface area contributed by atoms with Gasteiger partial charge in [-0.25, -0.2) is 4.98 Å². The first-order chi connectivity index (χ1) is 14.6. The summed E-state index contributed by atoms with van der Waals surface area (Å²) in [5.41, 5.74) is 3.15. The molecule has 0 atom stereocenters. The molecular formula is C22H16N6O2. The molecule has 0 aliphatic carbocycles. The van der Waals surface area contributed by atoms with Gasteiger partial charge in [0.05, 0.1) is 16.6 Å². The van der Waals surface area contributed by atoms with E-state index in [1.54, 1.807) is 45.6 Å². The van der Waals surface area contributed by atoms with Crippen LogP contribution < -0.4 is 10.9 Å². The Labute approximate surface area is 170 Å². The lowest BCUT2D eigenvalue weighted by atomic mass is 10.1. The van der Waals surface area contributed by atoms with Gasteiger partial charge < -0.3 is 5.32 Å². The minimum Gasteiger partial charge on any atom is -0.326 e. The van der Waals surface area contributed by atoms with E-state index in [-0.39, 0.29) is 11.5 Å². The van der Waals surface area contributed by atoms with Gasteiger partial charge in [-0.15, -0.1) is 0 Å². The van der Waals surface area contributed by atoms with Crippen molar-refractivity contribution in [3.8, 4) is 16.9 Å². The fourth-order valence-electron chi connectivity index (χ4n) is 3.50. The van der Waals surface area contributed by atoms with Gasteiger partial charge in [0.2, 0.25) is 5.91 Å². The van der Waals surface area contributed by atoms with Crippen LogP contribution in [0.4, 0.5) is 5.69 Å². The van der Waals surface area contributed by atoms with Crippen molar-refractivity contribution < 1.29 is 4.79 Å². The zero-order chi connectivity index (χ0) is 20.7. The standard InChI is InChI=1S/C22H16N6O2/c1-14(29)25-16-7-9-17(10-8-16)27-12-11-18-19(21(27)30)20(15-5-3-2-4-6-15)28-22(26-18)23-13-24-28/h2-13H,1H3,(H,25,29). The van der Waals surface area contributed by atoms with Crippen LogP contribution in [0.15, 0.2) is 78.0 Å². The molecule has 0 radical (unpaired) electrons. The second kappa shape index (κ2) is 6.93. The number of rotatable bonds is 3. The van der Waals surface area contributed by atoms with E-state index in [0.29, 0.717) is 33.7 Å². The molecule has 0 aliphatic rings. The number of carbonyl (C=O) groups excluding carboxylic acids is 1. The average molecular weight is 396 g/mol. The molecule has 3 aromatic heterocycles. The highest BCUT2D eigenvalue weighted by Crippen LogP contribution is 2.26. The van der Waals surface area contributed by atoms with Gasteiger partial charge in [-0.1, -0.05) is 30.3 Å². The van der Waals surface area contributed by atoms with Crippen LogP contribution >= 0.6 is 0 Å². The summed E-state index contributed by atoms with van der Waals surface area (Å²) in [7, 11) is 0. The lowest BCUT2D eigenvalue weighted by Gasteiger charge is -2.12. The number of amides is 1. The predicted octanol–water partition coefficient (Wildman–Crippen LogP) is 3.05. The first-order valence-corrected chi connectivity index (χ1v) is 9.30. The van der Waals surface area contributed by atoms with Gasteiger partial charge in [-0.3, -0.25) is 14.2 Å². The minimum absolute atomic E-state index is 0.152. The predicted molar refractivity (Wildman–Crippen MR) is 114 cm³/mol. The normalized spacial score (nSPS) is 11.1. The van der Waals surface area contributed by atoms with E-state index < -0.39 is 0 Å². The second-order valence-corrected chi connectivity index (χ2v) is 6.78. The SMILES string of the molecule is CC(=O)Nc1ccc(-n2ccc3nc4ncnn4c(-c4ccccc4)c3c2=O)cc1. The number of hydrogen-bond donors (Lipinski definition) is 1. The number of fused-ring (bicyclic) bond motifs is 2. The van der Waals surface area contributed by atoms with E-state index in [1.807, 2.05) is 30.3 Å². The van der Waals surface area contributed by atoms with Crippen molar-refractivity contribution >= 4 is 28.3 Å². The summed E-state index contributed by atoms with van der Waals surface area (Å²) in [6.07, 6.45) is 3.11. The highest BCUT2D eigenvalue weighted by molar-refractivity contribution is 5.93. The number of aromatic nitrogens is 5. The molecule has 5 rings (SSSR count). The summed E-state index contributed by atoms with van der Waals surface area (Å²) in [6.45, 7) is 1.45. The highest BCUT2D eigenvalue weighted by atomic mass is 16.1. The molecule has 0 aliphatic heterocycles. The number of anilines is 1. The highest BCUT2D eigenvalue weighted by Gasteiger charge is 2.17. The van der Waals surface area contributed by atoms with Crippen molar-refractivity contribution in [1.82, 2.24) is 24.1 Å². The number of pyridine rings is 1. The molecule has 3 heterocycles. The quantitative estimate of drug-likeness (QED) is 0.506. The monoisotopic (exact) mass is 396 g/mol. The van der Waals surface area contributed by atoms with E-state index in [1.165, 1.54) is 13.3 Å². The number of nitrogens with zero attached hydrogens (tertiary/aromatic N) is 5. The van der Waals surface area contributed by atoms with Gasteiger partial charge in [-0.2, -0.15) is 14.6 Å². The number of benzene rings is 2. The van der Waals surface area contributed by atoms with Gasteiger partial charge in [-0.05, 0) is 30.3 Å². The maximum Gasteiger partial charge on any atom is 0.266 e. The van der Waals surface area contributed by atoms with Gasteiger partial charge in [0.25, 0.3) is 11.3 Å². The number of nitrogens with one attached hydrogen (secondary N) is 1. The third-order valence-electron chi connectivity index (χ3n) is 4.78. The van der Waals surface area contributed by atoms with E-state index in [4.69, 9.17) is 0 Å². The summed E-state index contributed by atoms with van der Waals surface area (Å²) in [5, 5.41) is 7.45. The van der Waals surface area contributed by atoms with Crippen LogP contribution in [-0.4, -0.2) is 30.1 Å². The van der Waals surface area contributed by atoms with Crippen molar-refractivity contribution in [2.75, 3.05) is 5.32 Å². The van der Waals surface area contributed by atoms with Crippen LogP contribution in [0.1, 0.15) is 6.92 Å². The van der Waals surface area contributed by atoms with Gasteiger partial charge >= 0.3 is 0 Å². The van der Waals surface area contributed by atoms with E-state index >= 15 is 0 Å². The molecule has 1 N–H and O–H groups in total. The first kappa shape index (κ1) is 17.7. The van der Waals surface area contributed by atoms with Crippen LogP contribution in [0.2, 0.25) is 0 Å². The van der Waals surface area contributed by atoms with Crippen LogP contribution in [0.25, 0.3) is 33.6 Å². The molecule has 0 fully saturated rings. The Morgan fingerprint density at radius 3 is 2.50 bits per heavy atom. The van der Waals surface area contributed by atoms with Crippen LogP contribution in [0.5, 0.6) is 0 Å². The summed E-state index contributed by atoms with van der Waals surface area (Å²) >= 11 is 0. The van der Waals surface area contributed by atoms with Gasteiger partial charge in [0.1, 0.15) is 6.33 Å². The molecule has 0 spiro atoms. The Morgan fingerprint density at radius 1 is 1.00 bits per heavy atom. The molecule has 8 nitrogen and oxygen atoms in total. The Kier molecular flexibility index (Phi) is 4.10. The molecular weight excluding hydrogens is 380 g/mol. The minimum atomic E-state index is -0.219. The van der Waals surface area contributed by atoms with Crippen LogP contribution in [0, 0.1) is 0 Å². The van der Waals surface area contributed by atoms with E-state index in [0.717, 1.165) is 5.56 Å². The fraction of sp³-hybridized carbons (Fsp3) is 0.0455. The first-order valence-electron chi connectivity index (χ1n) is 9.30. The van der Waals surface area contributed by atoms with Gasteiger partial charge in [0.15, 0.2) is 0 Å². The molecule has 2 aromatic carbocycles. The molecule has 0 unspecified atom stereocenters. The van der Waals surface area contributed by atoms with Crippen LogP contribution in [-0.2, 0) is 4.79 Å². The molecule has 0 saturated carbocycles. The smallest absolute Gasteiger partial charge is 0.266 e. The maximum absolute atomic E-state index is 13.5. The van der Waals surface area contributed by atoms with E-state index in [9.17, 15) is 9.59 Å². The summed E-state index contributed by atoms with van der Waals surface area (Å²) < 4.78 is 3.14. The fourth-order valence-corrected chi connectivity index (χ4v) is 3.50. The van der Waals surface area contributed by atoms with Gasteiger partial charge in [0, 0.05) is 30.1 Å². The molecule has 0 saturated heterocycles. The topological polar surface area (TPSA) is 94.2 Å². The summed E-state index contributed by atoms with van der Waals surface area (Å²) in [6, 6.07) is 18.4. The largest absolute Gasteiger partial charge is 0.326 e. The zero-order valence-electron chi connectivity index (χ0n) is 16.0. The Morgan fingerprint density at radius 2 is 1.77 bits per heavy atom. The maximum atomic E-state index is 13.5. The van der Waals surface area contributed by atoms with Crippen molar-refractivity contribution in [2.45, 2.75) is 6.92 Å². The van der Waals surface area contributed by atoms with Crippen molar-refractivity contribution in [1.29, 1.82) is 0 Å². The zero-order valence-corrected chi connectivity index (χ0v) is 16.0. The Balaban J connectivity index is 1.77. The number of hydrogen-bond acceptors (Lipinski definition) is 5. The molecule has 8 heteroatoms. The van der Waals surface area contributed by atoms with Crippen LogP contribution in [0.3, 0.4) is 0 Å². The third-order valence-corrected chi connectivity index (χ3v) is 4.78. The summed E-state index contributed by atoms with van der Waals surface area (Å²) in [5.74, 6) is 0.277. The average Bonchev–Trinajstić information content (AvgIpc) is 3.22. The Bertz CT molecular complexity index is 1450. The van der Waals surface area contributed by atoms with E-state index in [2.05, 4.69) is 20.4 Å². The molecule has 30 heavy (non-hydrogen) atoms. The molecule has 146 valence electrons. The lowest BCUT2D eigenvalue weighted by Crippen LogP contribution is -2.20. The molecule has 0 bridgehead atoms. The number of carbonyl (C=O) groups is 1. The third kappa shape index (κ3) is 2.91. The second-order valence-electron chi connectivity index (χ2n) is 6.78. The van der Waals surface area contributed by atoms with Crippen molar-refractivity contribution in [3.63, 3.8) is 0 Å². The Hall–Kier alpha value is -4.33. The lowest BCUT2D eigenvalue weighted by molar-refractivity contribution is -0.114. The molecule has 5 aromatic rings. The molecule has 1 amide bonds. The van der Waals surface area contributed by atoms with Crippen molar-refractivity contribution in [3.05, 3.63) is 83.5 Å². The van der Waals surface area contributed by atoms with Crippen molar-refractivity contribution in [2.24, 2.45) is 0 Å².